The molecule has 1 aromatic carbocycles. The third-order valence-electron chi connectivity index (χ3n) is 3.90. The second-order valence-corrected chi connectivity index (χ2v) is 6.40. The molecule has 2 N–H and O–H groups in total. The maximum Gasteiger partial charge on any atom is 0.275 e. The Balaban J connectivity index is 2.11. The van der Waals surface area contributed by atoms with Gasteiger partial charge < -0.3 is 10.2 Å². The Bertz CT molecular complexity index is 766. The second-order valence-electron chi connectivity index (χ2n) is 6.03. The number of benzene rings is 1. The van der Waals surface area contributed by atoms with Gasteiger partial charge in [-0.05, 0) is 60.1 Å². The lowest BCUT2D eigenvalue weighted by atomic mass is 10.1. The van der Waals surface area contributed by atoms with E-state index in [1.807, 2.05) is 33.0 Å². The van der Waals surface area contributed by atoms with Crippen LogP contribution in [0.25, 0.3) is 5.69 Å². The molecule has 1 unspecified atom stereocenters. The van der Waals surface area contributed by atoms with Crippen molar-refractivity contribution in [3.63, 3.8) is 0 Å². The zero-order valence-corrected chi connectivity index (χ0v) is 15.5. The SMILES string of the molecule is CCCNC(=O)C[NH+](C)Cn1nnn(-c2cccc(C)c2C)c1=S. The lowest BCUT2D eigenvalue weighted by Crippen LogP contribution is -3.09. The largest absolute Gasteiger partial charge is 0.351 e. The number of aryl methyl sites for hydroxylation is 1. The number of carbonyl (C=O) groups is 1. The number of rotatable bonds is 7. The summed E-state index contributed by atoms with van der Waals surface area (Å²) >= 11 is 5.50. The molecule has 0 aliphatic heterocycles. The van der Waals surface area contributed by atoms with E-state index in [-0.39, 0.29) is 5.91 Å². The first-order chi connectivity index (χ1) is 11.4. The molecule has 0 bridgehead atoms. The van der Waals surface area contributed by atoms with Gasteiger partial charge in [-0.1, -0.05) is 19.1 Å². The summed E-state index contributed by atoms with van der Waals surface area (Å²) in [5.74, 6) is 0.0304. The summed E-state index contributed by atoms with van der Waals surface area (Å²) in [7, 11) is 1.93. The molecule has 2 aromatic rings. The van der Waals surface area contributed by atoms with Gasteiger partial charge in [-0.2, -0.15) is 9.36 Å². The monoisotopic (exact) mass is 349 g/mol. The van der Waals surface area contributed by atoms with Gasteiger partial charge in [-0.15, -0.1) is 0 Å². The average molecular weight is 349 g/mol. The summed E-state index contributed by atoms with van der Waals surface area (Å²) in [6.07, 6.45) is 0.931. The molecule has 1 heterocycles. The van der Waals surface area contributed by atoms with E-state index in [0.717, 1.165) is 22.6 Å². The molecule has 0 aliphatic carbocycles. The van der Waals surface area contributed by atoms with E-state index >= 15 is 0 Å². The molecule has 130 valence electrons. The van der Waals surface area contributed by atoms with Crippen LogP contribution in [0.2, 0.25) is 0 Å². The predicted molar refractivity (Wildman–Crippen MR) is 94.7 cm³/mol. The topological polar surface area (TPSA) is 69.2 Å². The van der Waals surface area contributed by atoms with Gasteiger partial charge in [0.05, 0.1) is 12.7 Å². The molecule has 0 saturated carbocycles. The van der Waals surface area contributed by atoms with Crippen LogP contribution in [0, 0.1) is 18.6 Å². The summed E-state index contributed by atoms with van der Waals surface area (Å²) in [5.41, 5.74) is 3.24. The Hall–Kier alpha value is -2.06. The Morgan fingerprint density at radius 3 is 2.79 bits per heavy atom. The number of hydrogen-bond donors (Lipinski definition) is 2. The Labute approximate surface area is 147 Å². The van der Waals surface area contributed by atoms with E-state index < -0.39 is 0 Å². The van der Waals surface area contributed by atoms with Crippen LogP contribution in [0.4, 0.5) is 0 Å². The first kappa shape index (κ1) is 18.3. The minimum Gasteiger partial charge on any atom is -0.351 e. The lowest BCUT2D eigenvalue weighted by Gasteiger charge is -2.13. The molecule has 24 heavy (non-hydrogen) atoms. The molecule has 0 aliphatic rings. The molecule has 0 radical (unpaired) electrons. The number of hydrogen-bond acceptors (Lipinski definition) is 4. The molecule has 0 spiro atoms. The summed E-state index contributed by atoms with van der Waals surface area (Å²) in [5, 5.41) is 11.2. The van der Waals surface area contributed by atoms with Gasteiger partial charge in [0, 0.05) is 6.54 Å². The smallest absolute Gasteiger partial charge is 0.275 e. The van der Waals surface area contributed by atoms with Crippen LogP contribution in [-0.2, 0) is 11.5 Å². The van der Waals surface area contributed by atoms with Crippen LogP contribution in [-0.4, -0.2) is 45.8 Å². The zero-order chi connectivity index (χ0) is 17.7. The molecule has 1 amide bonds. The maximum absolute atomic E-state index is 11.8. The van der Waals surface area contributed by atoms with Crippen LogP contribution < -0.4 is 10.2 Å². The average Bonchev–Trinajstić information content (AvgIpc) is 2.89. The van der Waals surface area contributed by atoms with Crippen molar-refractivity contribution in [1.82, 2.24) is 25.1 Å². The summed E-state index contributed by atoms with van der Waals surface area (Å²) in [6, 6.07) is 6.01. The normalized spacial score (nSPS) is 12.2. The van der Waals surface area contributed by atoms with Crippen LogP contribution >= 0.6 is 12.2 Å². The highest BCUT2D eigenvalue weighted by Crippen LogP contribution is 2.16. The Kier molecular flexibility index (Phi) is 6.22. The van der Waals surface area contributed by atoms with Gasteiger partial charge in [0.25, 0.3) is 5.91 Å². The van der Waals surface area contributed by atoms with Crippen LogP contribution in [0.5, 0.6) is 0 Å². The number of carbonyl (C=O) groups excluding carboxylic acids is 1. The minimum absolute atomic E-state index is 0.0304. The Morgan fingerprint density at radius 1 is 1.33 bits per heavy atom. The van der Waals surface area contributed by atoms with Crippen molar-refractivity contribution in [3.8, 4) is 5.69 Å². The van der Waals surface area contributed by atoms with E-state index in [1.54, 1.807) is 9.36 Å². The number of nitrogens with zero attached hydrogens (tertiary/aromatic N) is 4. The number of tetrazole rings is 1. The molecule has 8 heteroatoms. The van der Waals surface area contributed by atoms with Crippen molar-refractivity contribution < 1.29 is 9.69 Å². The molecule has 1 aromatic heterocycles. The fraction of sp³-hybridized carbons (Fsp3) is 0.500. The molecule has 7 nitrogen and oxygen atoms in total. The van der Waals surface area contributed by atoms with Crippen LogP contribution in [0.15, 0.2) is 18.2 Å². The van der Waals surface area contributed by atoms with Crippen LogP contribution in [0.3, 0.4) is 0 Å². The third kappa shape index (κ3) is 4.27. The molecule has 0 saturated heterocycles. The van der Waals surface area contributed by atoms with E-state index in [0.29, 0.717) is 24.5 Å². The van der Waals surface area contributed by atoms with E-state index in [2.05, 4.69) is 28.7 Å². The number of amides is 1. The lowest BCUT2D eigenvalue weighted by molar-refractivity contribution is -0.895. The summed E-state index contributed by atoms with van der Waals surface area (Å²) < 4.78 is 3.85. The van der Waals surface area contributed by atoms with E-state index in [9.17, 15) is 4.79 Å². The fourth-order valence-electron chi connectivity index (χ4n) is 2.40. The van der Waals surface area contributed by atoms with Crippen molar-refractivity contribution in [2.24, 2.45) is 0 Å². The Morgan fingerprint density at radius 2 is 2.08 bits per heavy atom. The number of nitrogens with one attached hydrogen (secondary N) is 2. The van der Waals surface area contributed by atoms with Gasteiger partial charge in [-0.25, -0.2) is 0 Å². The summed E-state index contributed by atoms with van der Waals surface area (Å²) in [6.45, 7) is 7.69. The highest BCUT2D eigenvalue weighted by atomic mass is 32.1. The highest BCUT2D eigenvalue weighted by Gasteiger charge is 2.14. The van der Waals surface area contributed by atoms with Gasteiger partial charge in [0.2, 0.25) is 4.77 Å². The van der Waals surface area contributed by atoms with Crippen molar-refractivity contribution in [3.05, 3.63) is 34.1 Å². The first-order valence-electron chi connectivity index (χ1n) is 8.11. The number of quaternary nitrogens is 1. The fourth-order valence-corrected chi connectivity index (χ4v) is 2.64. The predicted octanol–water partition coefficient (Wildman–Crippen LogP) is 0.414. The van der Waals surface area contributed by atoms with Crippen molar-refractivity contribution in [1.29, 1.82) is 0 Å². The maximum atomic E-state index is 11.8. The number of aromatic nitrogens is 4. The van der Waals surface area contributed by atoms with Crippen LogP contribution in [0.1, 0.15) is 24.5 Å². The standard InChI is InChI=1S/C16H24N6OS/c1-5-9-17-15(23)10-20(4)11-21-16(24)22(19-18-21)14-8-6-7-12(2)13(14)3/h6-8H,5,9-11H2,1-4H3,(H,17,23)/p+1. The zero-order valence-electron chi connectivity index (χ0n) is 14.7. The molecular weight excluding hydrogens is 324 g/mol. The van der Waals surface area contributed by atoms with Gasteiger partial charge in [-0.3, -0.25) is 4.79 Å². The third-order valence-corrected chi connectivity index (χ3v) is 4.28. The van der Waals surface area contributed by atoms with Crippen molar-refractivity contribution >= 4 is 18.1 Å². The first-order valence-corrected chi connectivity index (χ1v) is 8.52. The van der Waals surface area contributed by atoms with Gasteiger partial charge in [0.15, 0.2) is 13.2 Å². The van der Waals surface area contributed by atoms with Crippen molar-refractivity contribution in [2.75, 3.05) is 20.1 Å². The number of likely N-dealkylation sites (N-methyl/N-ethyl adjacent to an activating group) is 1. The highest BCUT2D eigenvalue weighted by molar-refractivity contribution is 7.71. The minimum atomic E-state index is 0.0304. The van der Waals surface area contributed by atoms with Gasteiger partial charge in [0.1, 0.15) is 0 Å². The quantitative estimate of drug-likeness (QED) is 0.711. The molecule has 1 atom stereocenters. The van der Waals surface area contributed by atoms with Crippen molar-refractivity contribution in [2.45, 2.75) is 33.9 Å². The molecular formula is C16H25N6OS+. The molecule has 0 fully saturated rings. The van der Waals surface area contributed by atoms with Gasteiger partial charge >= 0.3 is 0 Å². The molecule has 2 rings (SSSR count). The van der Waals surface area contributed by atoms with E-state index in [1.165, 1.54) is 5.56 Å². The summed E-state index contributed by atoms with van der Waals surface area (Å²) in [4.78, 5) is 12.8. The van der Waals surface area contributed by atoms with E-state index in [4.69, 9.17) is 12.2 Å². The second kappa shape index (κ2) is 8.16.